The first-order valence-electron chi connectivity index (χ1n) is 6.36. The molecule has 0 spiro atoms. The van der Waals surface area contributed by atoms with Crippen LogP contribution < -0.4 is 5.32 Å². The highest BCUT2D eigenvalue weighted by Gasteiger charge is 2.05. The Morgan fingerprint density at radius 3 is 3.00 bits per heavy atom. The van der Waals surface area contributed by atoms with Gasteiger partial charge in [-0.3, -0.25) is 4.40 Å². The Morgan fingerprint density at radius 2 is 2.10 bits per heavy atom. The van der Waals surface area contributed by atoms with Crippen LogP contribution in [0.25, 0.3) is 5.65 Å². The second-order valence-electron chi connectivity index (χ2n) is 4.35. The monoisotopic (exact) mass is 273 g/mol. The lowest BCUT2D eigenvalue weighted by atomic mass is 10.4. The molecule has 0 aliphatic heterocycles. The van der Waals surface area contributed by atoms with E-state index >= 15 is 0 Å². The van der Waals surface area contributed by atoms with E-state index in [0.29, 0.717) is 19.6 Å². The minimum Gasteiger partial charge on any atom is -0.394 e. The standard InChI is InChI=1S/C12H15N7O/c20-6-5-18-9-10(14-17-18)7-13-8-12-16-15-11-3-1-2-4-19(11)12/h1-4,9,13,20H,5-8H2. The summed E-state index contributed by atoms with van der Waals surface area (Å²) in [4.78, 5) is 0. The number of aliphatic hydroxyl groups is 1. The van der Waals surface area contributed by atoms with Crippen LogP contribution in [0.3, 0.4) is 0 Å². The van der Waals surface area contributed by atoms with Crippen LogP contribution in [0.15, 0.2) is 30.6 Å². The van der Waals surface area contributed by atoms with E-state index in [0.717, 1.165) is 17.2 Å². The predicted molar refractivity (Wildman–Crippen MR) is 70.6 cm³/mol. The number of hydrogen-bond acceptors (Lipinski definition) is 6. The number of rotatable bonds is 6. The molecule has 0 aromatic carbocycles. The van der Waals surface area contributed by atoms with Crippen molar-refractivity contribution in [3.63, 3.8) is 0 Å². The molecule has 104 valence electrons. The summed E-state index contributed by atoms with van der Waals surface area (Å²) >= 11 is 0. The molecule has 0 amide bonds. The summed E-state index contributed by atoms with van der Waals surface area (Å²) in [5, 5.41) is 28.2. The van der Waals surface area contributed by atoms with Gasteiger partial charge in [0.15, 0.2) is 11.5 Å². The SMILES string of the molecule is OCCn1cc(CNCc2nnc3ccccn23)nn1. The summed E-state index contributed by atoms with van der Waals surface area (Å²) in [7, 11) is 0. The van der Waals surface area contributed by atoms with E-state index in [4.69, 9.17) is 5.11 Å². The van der Waals surface area contributed by atoms with Gasteiger partial charge in [0.25, 0.3) is 0 Å². The van der Waals surface area contributed by atoms with Crippen LogP contribution in [0, 0.1) is 0 Å². The van der Waals surface area contributed by atoms with Crippen molar-refractivity contribution < 1.29 is 5.11 Å². The van der Waals surface area contributed by atoms with Crippen LogP contribution in [-0.2, 0) is 19.6 Å². The maximum absolute atomic E-state index is 8.81. The van der Waals surface area contributed by atoms with E-state index in [9.17, 15) is 0 Å². The minimum absolute atomic E-state index is 0.0575. The number of aromatic nitrogens is 6. The molecule has 3 rings (SSSR count). The van der Waals surface area contributed by atoms with Crippen molar-refractivity contribution in [1.29, 1.82) is 0 Å². The summed E-state index contributed by atoms with van der Waals surface area (Å²) in [6.45, 7) is 1.70. The first kappa shape index (κ1) is 12.7. The van der Waals surface area contributed by atoms with Gasteiger partial charge in [-0.05, 0) is 12.1 Å². The van der Waals surface area contributed by atoms with Gasteiger partial charge >= 0.3 is 0 Å². The normalized spacial score (nSPS) is 11.2. The van der Waals surface area contributed by atoms with Crippen LogP contribution in [0.2, 0.25) is 0 Å². The zero-order valence-electron chi connectivity index (χ0n) is 10.8. The molecule has 0 unspecified atom stereocenters. The van der Waals surface area contributed by atoms with Gasteiger partial charge in [0.2, 0.25) is 0 Å². The van der Waals surface area contributed by atoms with Crippen molar-refractivity contribution in [3.8, 4) is 0 Å². The van der Waals surface area contributed by atoms with Gasteiger partial charge in [0.05, 0.1) is 25.4 Å². The molecule has 0 atom stereocenters. The van der Waals surface area contributed by atoms with Crippen molar-refractivity contribution in [3.05, 3.63) is 42.1 Å². The van der Waals surface area contributed by atoms with Crippen molar-refractivity contribution in [2.75, 3.05) is 6.61 Å². The number of aliphatic hydroxyl groups excluding tert-OH is 1. The second kappa shape index (κ2) is 5.76. The molecule has 3 heterocycles. The van der Waals surface area contributed by atoms with Gasteiger partial charge in [-0.1, -0.05) is 11.3 Å². The first-order chi connectivity index (χ1) is 9.86. The second-order valence-corrected chi connectivity index (χ2v) is 4.35. The number of fused-ring (bicyclic) bond motifs is 1. The molecule has 0 fully saturated rings. The first-order valence-corrected chi connectivity index (χ1v) is 6.36. The van der Waals surface area contributed by atoms with E-state index in [1.807, 2.05) is 35.0 Å². The maximum atomic E-state index is 8.81. The summed E-state index contributed by atoms with van der Waals surface area (Å²) in [5.41, 5.74) is 1.66. The third-order valence-corrected chi connectivity index (χ3v) is 2.89. The Labute approximate surface area is 115 Å². The molecular formula is C12H15N7O. The molecule has 0 aliphatic rings. The Hall–Kier alpha value is -2.32. The Kier molecular flexibility index (Phi) is 3.66. The van der Waals surface area contributed by atoms with Crippen molar-refractivity contribution in [1.82, 2.24) is 34.9 Å². The topological polar surface area (TPSA) is 93.2 Å². The molecule has 8 heteroatoms. The highest BCUT2D eigenvalue weighted by molar-refractivity contribution is 5.36. The van der Waals surface area contributed by atoms with Crippen LogP contribution in [0.4, 0.5) is 0 Å². The zero-order valence-corrected chi connectivity index (χ0v) is 10.8. The molecule has 3 aromatic rings. The molecule has 0 saturated heterocycles. The number of hydrogen-bond donors (Lipinski definition) is 2. The van der Waals surface area contributed by atoms with Gasteiger partial charge in [0, 0.05) is 18.9 Å². The summed E-state index contributed by atoms with van der Waals surface area (Å²) in [5.74, 6) is 0.850. The number of nitrogens with zero attached hydrogens (tertiary/aromatic N) is 6. The zero-order chi connectivity index (χ0) is 13.8. The molecule has 3 aromatic heterocycles. The maximum Gasteiger partial charge on any atom is 0.160 e. The number of pyridine rings is 1. The molecule has 0 bridgehead atoms. The van der Waals surface area contributed by atoms with Crippen LogP contribution >= 0.6 is 0 Å². The quantitative estimate of drug-likeness (QED) is 0.635. The highest BCUT2D eigenvalue weighted by atomic mass is 16.3. The van der Waals surface area contributed by atoms with Crippen LogP contribution in [0.1, 0.15) is 11.5 Å². The Morgan fingerprint density at radius 1 is 1.15 bits per heavy atom. The lowest BCUT2D eigenvalue weighted by molar-refractivity contribution is 0.268. The van der Waals surface area contributed by atoms with Gasteiger partial charge in [0.1, 0.15) is 0 Å². The molecule has 2 N–H and O–H groups in total. The van der Waals surface area contributed by atoms with Crippen LogP contribution in [0.5, 0.6) is 0 Å². The van der Waals surface area contributed by atoms with E-state index in [-0.39, 0.29) is 6.61 Å². The van der Waals surface area contributed by atoms with E-state index in [1.54, 1.807) is 4.68 Å². The van der Waals surface area contributed by atoms with E-state index in [1.165, 1.54) is 0 Å². The van der Waals surface area contributed by atoms with Crippen molar-refractivity contribution in [2.24, 2.45) is 0 Å². The van der Waals surface area contributed by atoms with Gasteiger partial charge in [-0.25, -0.2) is 4.68 Å². The van der Waals surface area contributed by atoms with E-state index < -0.39 is 0 Å². The van der Waals surface area contributed by atoms with Gasteiger partial charge in [-0.2, -0.15) is 0 Å². The van der Waals surface area contributed by atoms with Crippen molar-refractivity contribution >= 4 is 5.65 Å². The fourth-order valence-electron chi connectivity index (χ4n) is 1.95. The van der Waals surface area contributed by atoms with E-state index in [2.05, 4.69) is 25.8 Å². The summed E-state index contributed by atoms with van der Waals surface area (Å²) < 4.78 is 3.55. The Bertz CT molecular complexity index is 690. The smallest absolute Gasteiger partial charge is 0.160 e. The molecular weight excluding hydrogens is 258 g/mol. The molecule has 0 saturated carbocycles. The summed E-state index contributed by atoms with van der Waals surface area (Å²) in [6.07, 6.45) is 3.75. The highest BCUT2D eigenvalue weighted by Crippen LogP contribution is 2.02. The summed E-state index contributed by atoms with van der Waals surface area (Å²) in [6, 6.07) is 5.79. The lowest BCUT2D eigenvalue weighted by Crippen LogP contribution is -2.15. The molecule has 8 nitrogen and oxygen atoms in total. The largest absolute Gasteiger partial charge is 0.394 e. The Balaban J connectivity index is 1.59. The minimum atomic E-state index is 0.0575. The third kappa shape index (κ3) is 2.65. The van der Waals surface area contributed by atoms with Gasteiger partial charge < -0.3 is 10.4 Å². The average molecular weight is 273 g/mol. The lowest BCUT2D eigenvalue weighted by Gasteiger charge is -2.01. The average Bonchev–Trinajstić information content (AvgIpc) is 3.07. The third-order valence-electron chi connectivity index (χ3n) is 2.89. The molecule has 0 radical (unpaired) electrons. The fraction of sp³-hybridized carbons (Fsp3) is 0.333. The van der Waals surface area contributed by atoms with Crippen molar-refractivity contribution in [2.45, 2.75) is 19.6 Å². The van der Waals surface area contributed by atoms with Crippen LogP contribution in [-0.4, -0.2) is 41.3 Å². The molecule has 0 aliphatic carbocycles. The fourth-order valence-corrected chi connectivity index (χ4v) is 1.95. The number of nitrogens with one attached hydrogen (secondary N) is 1. The van der Waals surface area contributed by atoms with Gasteiger partial charge in [-0.15, -0.1) is 15.3 Å². The molecule has 20 heavy (non-hydrogen) atoms. The predicted octanol–water partition coefficient (Wildman–Crippen LogP) is -0.397.